The fourth-order valence-corrected chi connectivity index (χ4v) is 0.972. The van der Waals surface area contributed by atoms with Crippen LogP contribution in [0.15, 0.2) is 36.5 Å². The number of nitrogens with zero attached hydrogens (tertiary/aromatic N) is 1. The molecule has 1 amide bonds. The molecule has 0 radical (unpaired) electrons. The molecule has 0 aromatic carbocycles. The molecule has 15 heavy (non-hydrogen) atoms. The van der Waals surface area contributed by atoms with E-state index in [0.29, 0.717) is 12.9 Å². The standard InChI is InChI=1S/C11H15NO3/c1-5-9(8-13)10(6-2)11(14)12(4)15-7-3/h5-6,8H,1-2,7H2,3-4H3/b10-9-. The normalized spacial score (nSPS) is 11.3. The summed E-state index contributed by atoms with van der Waals surface area (Å²) in [6.07, 6.45) is 3.17. The van der Waals surface area contributed by atoms with Gasteiger partial charge in [-0.15, -0.1) is 0 Å². The summed E-state index contributed by atoms with van der Waals surface area (Å²) in [5.74, 6) is -0.422. The van der Waals surface area contributed by atoms with E-state index in [-0.39, 0.29) is 11.1 Å². The molecule has 82 valence electrons. The van der Waals surface area contributed by atoms with Crippen LogP contribution in [0.1, 0.15) is 6.92 Å². The van der Waals surface area contributed by atoms with Gasteiger partial charge >= 0.3 is 0 Å². The molecule has 0 atom stereocenters. The molecule has 0 spiro atoms. The van der Waals surface area contributed by atoms with Crippen LogP contribution in [0.25, 0.3) is 0 Å². The van der Waals surface area contributed by atoms with Gasteiger partial charge in [0.05, 0.1) is 12.2 Å². The van der Waals surface area contributed by atoms with E-state index in [4.69, 9.17) is 4.84 Å². The molecule has 0 aromatic heterocycles. The third kappa shape index (κ3) is 3.52. The van der Waals surface area contributed by atoms with Crippen LogP contribution in [0, 0.1) is 0 Å². The Kier molecular flexibility index (Phi) is 5.97. The van der Waals surface area contributed by atoms with E-state index in [9.17, 15) is 9.59 Å². The lowest BCUT2D eigenvalue weighted by Crippen LogP contribution is -2.28. The number of rotatable bonds is 6. The van der Waals surface area contributed by atoms with E-state index in [2.05, 4.69) is 13.2 Å². The Hall–Kier alpha value is -1.68. The lowest BCUT2D eigenvalue weighted by atomic mass is 10.1. The van der Waals surface area contributed by atoms with Crippen molar-refractivity contribution in [2.75, 3.05) is 13.7 Å². The number of amides is 1. The third-order valence-corrected chi connectivity index (χ3v) is 1.70. The first-order valence-corrected chi connectivity index (χ1v) is 4.47. The number of hydroxylamine groups is 2. The summed E-state index contributed by atoms with van der Waals surface area (Å²) in [4.78, 5) is 27.3. The largest absolute Gasteiger partial charge is 0.298 e. The Morgan fingerprint density at radius 1 is 1.40 bits per heavy atom. The molecule has 0 aliphatic carbocycles. The van der Waals surface area contributed by atoms with E-state index < -0.39 is 5.91 Å². The maximum atomic E-state index is 11.7. The van der Waals surface area contributed by atoms with Crippen molar-refractivity contribution in [3.63, 3.8) is 0 Å². The van der Waals surface area contributed by atoms with Gasteiger partial charge in [0.25, 0.3) is 5.91 Å². The van der Waals surface area contributed by atoms with Crippen LogP contribution in [-0.2, 0) is 14.4 Å². The van der Waals surface area contributed by atoms with Gasteiger partial charge in [0.15, 0.2) is 6.29 Å². The molecule has 4 heteroatoms. The average molecular weight is 209 g/mol. The predicted octanol–water partition coefficient (Wildman–Crippen LogP) is 1.26. The monoisotopic (exact) mass is 209 g/mol. The van der Waals surface area contributed by atoms with Crippen molar-refractivity contribution >= 4 is 12.2 Å². The van der Waals surface area contributed by atoms with Crippen molar-refractivity contribution in [2.45, 2.75) is 6.92 Å². The van der Waals surface area contributed by atoms with E-state index >= 15 is 0 Å². The molecule has 0 unspecified atom stereocenters. The Balaban J connectivity index is 5.05. The molecule has 0 rings (SSSR count). The summed E-state index contributed by atoms with van der Waals surface area (Å²) in [6, 6.07) is 0. The fraction of sp³-hybridized carbons (Fsp3) is 0.273. The first-order valence-electron chi connectivity index (χ1n) is 4.47. The van der Waals surface area contributed by atoms with Gasteiger partial charge in [0.1, 0.15) is 0 Å². The number of likely N-dealkylation sites (N-methyl/N-ethyl adjacent to an activating group) is 1. The lowest BCUT2D eigenvalue weighted by Gasteiger charge is -2.16. The van der Waals surface area contributed by atoms with E-state index in [1.807, 2.05) is 0 Å². The van der Waals surface area contributed by atoms with Crippen molar-refractivity contribution in [2.24, 2.45) is 0 Å². The van der Waals surface area contributed by atoms with Gasteiger partial charge in [-0.05, 0) is 6.92 Å². The summed E-state index contributed by atoms with van der Waals surface area (Å²) in [7, 11) is 1.47. The van der Waals surface area contributed by atoms with E-state index in [1.54, 1.807) is 6.92 Å². The van der Waals surface area contributed by atoms with Crippen LogP contribution < -0.4 is 0 Å². The minimum Gasteiger partial charge on any atom is -0.298 e. The van der Waals surface area contributed by atoms with E-state index in [1.165, 1.54) is 19.2 Å². The molecular formula is C11H15NO3. The summed E-state index contributed by atoms with van der Waals surface area (Å²) in [6.45, 7) is 9.05. The molecule has 0 heterocycles. The zero-order valence-electron chi connectivity index (χ0n) is 9.03. The molecular weight excluding hydrogens is 194 g/mol. The summed E-state index contributed by atoms with van der Waals surface area (Å²) in [5, 5.41) is 1.06. The minimum atomic E-state index is -0.422. The Bertz CT molecular complexity index is 295. The summed E-state index contributed by atoms with van der Waals surface area (Å²) in [5.41, 5.74) is 0.373. The number of aldehydes is 1. The van der Waals surface area contributed by atoms with Gasteiger partial charge in [-0.2, -0.15) is 0 Å². The van der Waals surface area contributed by atoms with Crippen LogP contribution in [0.2, 0.25) is 0 Å². The van der Waals surface area contributed by atoms with Crippen LogP contribution in [-0.4, -0.2) is 30.9 Å². The molecule has 0 aromatic rings. The average Bonchev–Trinajstić information content (AvgIpc) is 2.25. The predicted molar refractivity (Wildman–Crippen MR) is 57.9 cm³/mol. The molecule has 4 nitrogen and oxygen atoms in total. The Morgan fingerprint density at radius 2 is 2.00 bits per heavy atom. The molecule has 0 saturated carbocycles. The van der Waals surface area contributed by atoms with E-state index in [0.717, 1.165) is 5.06 Å². The topological polar surface area (TPSA) is 46.6 Å². The summed E-state index contributed by atoms with van der Waals surface area (Å²) >= 11 is 0. The van der Waals surface area contributed by atoms with Crippen LogP contribution >= 0.6 is 0 Å². The number of carbonyl (C=O) groups excluding carboxylic acids is 2. The number of hydrogen-bond donors (Lipinski definition) is 0. The van der Waals surface area contributed by atoms with Crippen LogP contribution in [0.5, 0.6) is 0 Å². The highest BCUT2D eigenvalue weighted by atomic mass is 16.7. The zero-order chi connectivity index (χ0) is 11.8. The SMILES string of the molecule is C=C/C(C=O)=C(\C=C)C(=O)N(C)OCC. The van der Waals surface area contributed by atoms with Gasteiger partial charge < -0.3 is 0 Å². The minimum absolute atomic E-state index is 0.177. The third-order valence-electron chi connectivity index (χ3n) is 1.70. The Morgan fingerprint density at radius 3 is 2.33 bits per heavy atom. The van der Waals surface area contributed by atoms with Gasteiger partial charge in [-0.3, -0.25) is 14.4 Å². The van der Waals surface area contributed by atoms with Gasteiger partial charge in [-0.1, -0.05) is 25.3 Å². The van der Waals surface area contributed by atoms with Crippen molar-refractivity contribution in [1.29, 1.82) is 0 Å². The van der Waals surface area contributed by atoms with Crippen molar-refractivity contribution in [1.82, 2.24) is 5.06 Å². The van der Waals surface area contributed by atoms with Gasteiger partial charge in [0.2, 0.25) is 0 Å². The zero-order valence-corrected chi connectivity index (χ0v) is 9.03. The first-order chi connectivity index (χ1) is 7.12. The van der Waals surface area contributed by atoms with Crippen LogP contribution in [0.4, 0.5) is 0 Å². The first kappa shape index (κ1) is 13.3. The maximum Gasteiger partial charge on any atom is 0.277 e. The molecule has 0 aliphatic heterocycles. The Labute approximate surface area is 89.5 Å². The second-order valence-corrected chi connectivity index (χ2v) is 2.62. The molecule has 0 fully saturated rings. The van der Waals surface area contributed by atoms with Crippen molar-refractivity contribution in [3.05, 3.63) is 36.5 Å². The second-order valence-electron chi connectivity index (χ2n) is 2.62. The highest BCUT2D eigenvalue weighted by Crippen LogP contribution is 2.08. The smallest absolute Gasteiger partial charge is 0.277 e. The molecule has 0 N–H and O–H groups in total. The lowest BCUT2D eigenvalue weighted by molar-refractivity contribution is -0.171. The van der Waals surface area contributed by atoms with Gasteiger partial charge in [-0.25, -0.2) is 5.06 Å². The maximum absolute atomic E-state index is 11.7. The van der Waals surface area contributed by atoms with Crippen molar-refractivity contribution in [3.8, 4) is 0 Å². The quantitative estimate of drug-likeness (QED) is 0.286. The fourth-order valence-electron chi connectivity index (χ4n) is 0.972. The highest BCUT2D eigenvalue weighted by molar-refractivity contribution is 6.01. The van der Waals surface area contributed by atoms with Crippen LogP contribution in [0.3, 0.4) is 0 Å². The van der Waals surface area contributed by atoms with Crippen molar-refractivity contribution < 1.29 is 14.4 Å². The number of carbonyl (C=O) groups is 2. The summed E-state index contributed by atoms with van der Waals surface area (Å²) < 4.78 is 0. The second kappa shape index (κ2) is 6.73. The molecule has 0 aliphatic rings. The number of hydrogen-bond acceptors (Lipinski definition) is 3. The highest BCUT2D eigenvalue weighted by Gasteiger charge is 2.15. The molecule has 0 bridgehead atoms. The van der Waals surface area contributed by atoms with Gasteiger partial charge in [0, 0.05) is 12.6 Å². The molecule has 0 saturated heterocycles. The number of allylic oxidation sites excluding steroid dienone is 2.